The lowest BCUT2D eigenvalue weighted by molar-refractivity contribution is -0.00243. The van der Waals surface area contributed by atoms with E-state index in [1.807, 2.05) is 0 Å². The van der Waals surface area contributed by atoms with Crippen LogP contribution in [-0.2, 0) is 0 Å². The van der Waals surface area contributed by atoms with Crippen LogP contribution in [0.2, 0.25) is 0 Å². The monoisotopic (exact) mass is 134 g/mol. The zero-order chi connectivity index (χ0) is 7.44. The van der Waals surface area contributed by atoms with Gasteiger partial charge in [-0.05, 0) is 14.1 Å². The smallest absolute Gasteiger partial charge is 0.110 e. The Bertz CT molecular complexity index is 75.4. The topological polar surface area (TPSA) is 69.7 Å². The molecule has 0 saturated heterocycles. The molecular weight excluding hydrogens is 120 g/mol. The molecule has 0 radical (unpaired) electrons. The summed E-state index contributed by atoms with van der Waals surface area (Å²) in [6, 6.07) is 0. The molecule has 0 aromatic heterocycles. The van der Waals surface area contributed by atoms with Gasteiger partial charge in [-0.1, -0.05) is 0 Å². The second kappa shape index (κ2) is 3.79. The molecule has 0 aliphatic rings. The Balaban J connectivity index is 3.38. The summed E-state index contributed by atoms with van der Waals surface area (Å²) in [5.41, 5.74) is 5.00. The van der Waals surface area contributed by atoms with E-state index in [-0.39, 0.29) is 6.42 Å². The number of aliphatic hydroxyl groups is 2. The summed E-state index contributed by atoms with van der Waals surface area (Å²) in [5, 5.41) is 17.5. The fourth-order valence-electron chi connectivity index (χ4n) is 0.427. The molecule has 0 spiro atoms. The highest BCUT2D eigenvalue weighted by Crippen LogP contribution is 1.94. The molecule has 2 atom stereocenters. The van der Waals surface area contributed by atoms with E-state index in [9.17, 15) is 0 Å². The minimum atomic E-state index is -0.928. The number of nitrogens with two attached hydrogens (primary N) is 1. The summed E-state index contributed by atoms with van der Waals surface area (Å²) in [5.74, 6) is 0. The van der Waals surface area contributed by atoms with Gasteiger partial charge in [-0.15, -0.1) is 0 Å². The molecule has 56 valence electrons. The molecule has 0 saturated carbocycles. The molecule has 0 aliphatic carbocycles. The molecule has 4 N–H and O–H groups in total. The third-order valence-corrected chi connectivity index (χ3v) is 1.05. The second-order valence-electron chi connectivity index (χ2n) is 2.25. The quantitative estimate of drug-likeness (QED) is 0.412. The van der Waals surface area contributed by atoms with E-state index in [0.717, 1.165) is 0 Å². The van der Waals surface area contributed by atoms with Crippen LogP contribution in [0.4, 0.5) is 0 Å². The number of hydrogen-bond donors (Lipinski definition) is 3. The van der Waals surface area contributed by atoms with E-state index in [4.69, 9.17) is 15.9 Å². The molecule has 0 bridgehead atoms. The molecule has 4 heteroatoms. The Labute approximate surface area is 54.9 Å². The van der Waals surface area contributed by atoms with E-state index in [1.54, 1.807) is 19.0 Å². The maximum absolute atomic E-state index is 8.98. The van der Waals surface area contributed by atoms with E-state index >= 15 is 0 Å². The Hall–Kier alpha value is -0.160. The van der Waals surface area contributed by atoms with Crippen LogP contribution >= 0.6 is 0 Å². The fraction of sp³-hybridized carbons (Fsp3) is 1.00. The van der Waals surface area contributed by atoms with Crippen LogP contribution in [0.1, 0.15) is 6.42 Å². The van der Waals surface area contributed by atoms with E-state index in [0.29, 0.717) is 0 Å². The first kappa shape index (κ1) is 8.84. The van der Waals surface area contributed by atoms with Crippen molar-refractivity contribution in [3.05, 3.63) is 0 Å². The van der Waals surface area contributed by atoms with Crippen molar-refractivity contribution >= 4 is 0 Å². The van der Waals surface area contributed by atoms with Crippen LogP contribution in [0.15, 0.2) is 0 Å². The molecule has 0 rings (SSSR count). The van der Waals surface area contributed by atoms with Crippen molar-refractivity contribution in [1.29, 1.82) is 0 Å². The van der Waals surface area contributed by atoms with Crippen LogP contribution in [0.3, 0.4) is 0 Å². The van der Waals surface area contributed by atoms with Gasteiger partial charge in [-0.3, -0.25) is 4.90 Å². The molecule has 0 aliphatic heterocycles. The first-order chi connectivity index (χ1) is 4.04. The third kappa shape index (κ3) is 4.35. The summed E-state index contributed by atoms with van der Waals surface area (Å²) in [4.78, 5) is 1.58. The van der Waals surface area contributed by atoms with E-state index < -0.39 is 12.5 Å². The molecular formula is C5H14N2O2. The van der Waals surface area contributed by atoms with Gasteiger partial charge < -0.3 is 15.9 Å². The molecule has 0 aromatic rings. The second-order valence-corrected chi connectivity index (χ2v) is 2.25. The third-order valence-electron chi connectivity index (χ3n) is 1.05. The molecule has 0 aromatic carbocycles. The number of rotatable bonds is 3. The highest BCUT2D eigenvalue weighted by atomic mass is 16.3. The Morgan fingerprint density at radius 2 is 1.89 bits per heavy atom. The minimum Gasteiger partial charge on any atom is -0.379 e. The lowest BCUT2D eigenvalue weighted by atomic mass is 10.3. The zero-order valence-electron chi connectivity index (χ0n) is 5.78. The van der Waals surface area contributed by atoms with Crippen LogP contribution in [0, 0.1) is 0 Å². The Morgan fingerprint density at radius 1 is 1.44 bits per heavy atom. The first-order valence-electron chi connectivity index (χ1n) is 2.82. The molecule has 0 heterocycles. The SMILES string of the molecule is CN(C)C(O)CC(N)O. The number of aliphatic hydroxyl groups excluding tert-OH is 2. The first-order valence-corrected chi connectivity index (χ1v) is 2.82. The maximum atomic E-state index is 8.98. The average molecular weight is 134 g/mol. The number of nitrogens with zero attached hydrogens (tertiary/aromatic N) is 1. The highest BCUT2D eigenvalue weighted by Gasteiger charge is 2.08. The lowest BCUT2D eigenvalue weighted by Gasteiger charge is -2.18. The summed E-state index contributed by atoms with van der Waals surface area (Å²) in [6.45, 7) is 0. The van der Waals surface area contributed by atoms with Gasteiger partial charge in [0.25, 0.3) is 0 Å². The number of hydrogen-bond acceptors (Lipinski definition) is 4. The Kier molecular flexibility index (Phi) is 3.72. The van der Waals surface area contributed by atoms with Gasteiger partial charge in [-0.25, -0.2) is 0 Å². The van der Waals surface area contributed by atoms with Crippen molar-refractivity contribution < 1.29 is 10.2 Å². The van der Waals surface area contributed by atoms with Gasteiger partial charge >= 0.3 is 0 Å². The highest BCUT2D eigenvalue weighted by molar-refractivity contribution is 4.54. The zero-order valence-corrected chi connectivity index (χ0v) is 5.78. The van der Waals surface area contributed by atoms with Crippen LogP contribution in [0.5, 0.6) is 0 Å². The lowest BCUT2D eigenvalue weighted by Crippen LogP contribution is -2.34. The summed E-state index contributed by atoms with van der Waals surface area (Å²) in [6.07, 6.45) is -1.39. The van der Waals surface area contributed by atoms with Crippen molar-refractivity contribution in [2.75, 3.05) is 14.1 Å². The minimum absolute atomic E-state index is 0.188. The molecule has 4 nitrogen and oxygen atoms in total. The fourth-order valence-corrected chi connectivity index (χ4v) is 0.427. The standard InChI is InChI=1S/C5H14N2O2/c1-7(2)5(9)3-4(6)8/h4-5,8-9H,3,6H2,1-2H3. The van der Waals surface area contributed by atoms with Gasteiger partial charge in [0, 0.05) is 6.42 Å². The van der Waals surface area contributed by atoms with Crippen molar-refractivity contribution in [3.8, 4) is 0 Å². The molecule has 2 unspecified atom stereocenters. The van der Waals surface area contributed by atoms with Gasteiger partial charge in [0.1, 0.15) is 12.5 Å². The summed E-state index contributed by atoms with van der Waals surface area (Å²) < 4.78 is 0. The predicted molar refractivity (Wildman–Crippen MR) is 34.5 cm³/mol. The normalized spacial score (nSPS) is 18.0. The maximum Gasteiger partial charge on any atom is 0.110 e. The van der Waals surface area contributed by atoms with Crippen LogP contribution in [0.25, 0.3) is 0 Å². The molecule has 9 heavy (non-hydrogen) atoms. The summed E-state index contributed by atoms with van der Waals surface area (Å²) >= 11 is 0. The molecule has 0 amide bonds. The van der Waals surface area contributed by atoms with Gasteiger partial charge in [0.15, 0.2) is 0 Å². The van der Waals surface area contributed by atoms with Crippen molar-refractivity contribution in [2.45, 2.75) is 18.9 Å². The molecule has 0 fully saturated rings. The van der Waals surface area contributed by atoms with Crippen LogP contribution in [-0.4, -0.2) is 41.7 Å². The van der Waals surface area contributed by atoms with Crippen molar-refractivity contribution in [2.24, 2.45) is 5.73 Å². The Morgan fingerprint density at radius 3 is 2.00 bits per heavy atom. The van der Waals surface area contributed by atoms with E-state index in [2.05, 4.69) is 0 Å². The van der Waals surface area contributed by atoms with Gasteiger partial charge in [0.05, 0.1) is 0 Å². The predicted octanol–water partition coefficient (Wildman–Crippen LogP) is -1.47. The van der Waals surface area contributed by atoms with Gasteiger partial charge in [0.2, 0.25) is 0 Å². The van der Waals surface area contributed by atoms with Crippen molar-refractivity contribution in [3.63, 3.8) is 0 Å². The average Bonchev–Trinajstić information content (AvgIpc) is 1.63. The summed E-state index contributed by atoms with van der Waals surface area (Å²) in [7, 11) is 3.43. The largest absolute Gasteiger partial charge is 0.379 e. The van der Waals surface area contributed by atoms with E-state index in [1.165, 1.54) is 0 Å². The van der Waals surface area contributed by atoms with Crippen LogP contribution < -0.4 is 5.73 Å². The van der Waals surface area contributed by atoms with Gasteiger partial charge in [-0.2, -0.15) is 0 Å². The van der Waals surface area contributed by atoms with Crippen molar-refractivity contribution in [1.82, 2.24) is 4.90 Å².